The van der Waals surface area contributed by atoms with Crippen LogP contribution < -0.4 is 19.8 Å². The first kappa shape index (κ1) is 42.2. The smallest absolute Gasteiger partial charge is 0.120 e. The maximum Gasteiger partial charge on any atom is 0.120 e. The van der Waals surface area contributed by atoms with E-state index in [1.165, 1.54) is 41.2 Å². The van der Waals surface area contributed by atoms with Gasteiger partial charge in [0.1, 0.15) is 17.1 Å². The Morgan fingerprint density at radius 1 is 0.636 bits per heavy atom. The van der Waals surface area contributed by atoms with Gasteiger partial charge in [-0.2, -0.15) is 0 Å². The molecule has 0 aliphatic heterocycles. The van der Waals surface area contributed by atoms with Gasteiger partial charge in [0, 0.05) is 8.07 Å². The fourth-order valence-electron chi connectivity index (χ4n) is 8.54. The Balaban J connectivity index is 1.78. The zero-order chi connectivity index (χ0) is 40.2. The second-order valence-electron chi connectivity index (χ2n) is 18.2. The first-order valence-electron chi connectivity index (χ1n) is 20.4. The molecule has 290 valence electrons. The van der Waals surface area contributed by atoms with E-state index in [0.717, 1.165) is 64.1 Å². The summed E-state index contributed by atoms with van der Waals surface area (Å²) in [6, 6.07) is 27.5. The second kappa shape index (κ2) is 17.1. The van der Waals surface area contributed by atoms with Crippen molar-refractivity contribution in [3.63, 3.8) is 0 Å². The van der Waals surface area contributed by atoms with Gasteiger partial charge in [-0.05, 0) is 115 Å². The molecule has 1 fully saturated rings. The van der Waals surface area contributed by atoms with Gasteiger partial charge in [0.15, 0.2) is 0 Å². The van der Waals surface area contributed by atoms with E-state index in [2.05, 4.69) is 159 Å². The standard InChI is InChI=1S/C50H66O2Si3/c1-14-37-24-29-43(30-25-37)55(13,36-53(8,9)10)54(11,12)44-31-27-39(16-3)47(35-44)49-34-42(51-40-22-20-19-21-23-40)33-48(45(49)17-4)46-32-41(28-26-38(46)15-2)52-50(6,7)18-5/h14-17,24-35,40H,1-4,18-23,36H2,5-13H3. The highest BCUT2D eigenvalue weighted by Gasteiger charge is 2.49. The average molecular weight is 783 g/mol. The lowest BCUT2D eigenvalue weighted by molar-refractivity contribution is 0.105. The zero-order valence-corrected chi connectivity index (χ0v) is 38.4. The molecule has 0 amide bonds. The van der Waals surface area contributed by atoms with Crippen molar-refractivity contribution >= 4 is 57.9 Å². The van der Waals surface area contributed by atoms with Crippen molar-refractivity contribution < 1.29 is 9.47 Å². The van der Waals surface area contributed by atoms with Crippen LogP contribution in [-0.4, -0.2) is 35.0 Å². The van der Waals surface area contributed by atoms with Crippen molar-refractivity contribution in [1.29, 1.82) is 0 Å². The number of benzene rings is 4. The van der Waals surface area contributed by atoms with E-state index in [0.29, 0.717) is 0 Å². The number of ether oxygens (including phenoxy) is 2. The Bertz CT molecular complexity index is 2030. The third-order valence-electron chi connectivity index (χ3n) is 12.3. The molecule has 4 aromatic rings. The van der Waals surface area contributed by atoms with Crippen LogP contribution in [0.5, 0.6) is 11.5 Å². The number of rotatable bonds is 16. The molecule has 0 radical (unpaired) electrons. The van der Waals surface area contributed by atoms with Gasteiger partial charge in [0.25, 0.3) is 0 Å². The number of hydrogen-bond acceptors (Lipinski definition) is 2. The topological polar surface area (TPSA) is 18.5 Å². The maximum absolute atomic E-state index is 6.93. The molecule has 1 saturated carbocycles. The molecule has 1 atom stereocenters. The van der Waals surface area contributed by atoms with Gasteiger partial charge in [0.05, 0.1) is 21.3 Å². The Kier molecular flexibility index (Phi) is 13.1. The van der Waals surface area contributed by atoms with Crippen LogP contribution >= 0.6 is 0 Å². The third kappa shape index (κ3) is 9.39. The summed E-state index contributed by atoms with van der Waals surface area (Å²) in [5.41, 5.74) is 9.92. The normalized spacial score (nSPS) is 15.1. The average Bonchev–Trinajstić information content (AvgIpc) is 3.16. The summed E-state index contributed by atoms with van der Waals surface area (Å²) in [7, 11) is -5.54. The molecule has 0 saturated heterocycles. The Morgan fingerprint density at radius 3 is 1.71 bits per heavy atom. The summed E-state index contributed by atoms with van der Waals surface area (Å²) in [4.78, 5) is 0. The van der Waals surface area contributed by atoms with Crippen molar-refractivity contribution in [3.05, 3.63) is 121 Å². The molecule has 5 heteroatoms. The molecule has 0 N–H and O–H groups in total. The van der Waals surface area contributed by atoms with Crippen LogP contribution in [-0.2, 0) is 0 Å². The highest BCUT2D eigenvalue weighted by molar-refractivity contribution is 7.52. The van der Waals surface area contributed by atoms with E-state index in [1.54, 1.807) is 5.19 Å². The van der Waals surface area contributed by atoms with E-state index in [1.807, 2.05) is 24.3 Å². The Labute approximate surface area is 336 Å². The Morgan fingerprint density at radius 2 is 1.18 bits per heavy atom. The highest BCUT2D eigenvalue weighted by atomic mass is 29.3. The first-order valence-corrected chi connectivity index (χ1v) is 30.8. The van der Waals surface area contributed by atoms with Crippen LogP contribution in [0.1, 0.15) is 81.5 Å². The largest absolute Gasteiger partial charge is 0.490 e. The molecule has 0 bridgehead atoms. The monoisotopic (exact) mass is 782 g/mol. The Hall–Kier alpha value is -3.91. The van der Waals surface area contributed by atoms with E-state index >= 15 is 0 Å². The van der Waals surface area contributed by atoms with Gasteiger partial charge in [-0.3, -0.25) is 0 Å². The third-order valence-corrected chi connectivity index (χ3v) is 37.1. The quantitative estimate of drug-likeness (QED) is 0.105. The molecule has 55 heavy (non-hydrogen) atoms. The predicted octanol–water partition coefficient (Wildman–Crippen LogP) is 13.7. The fraction of sp³-hybridized carbons (Fsp3) is 0.360. The van der Waals surface area contributed by atoms with Gasteiger partial charge < -0.3 is 9.47 Å². The van der Waals surface area contributed by atoms with Crippen molar-refractivity contribution in [3.8, 4) is 33.8 Å². The molecular weight excluding hydrogens is 717 g/mol. The van der Waals surface area contributed by atoms with Crippen LogP contribution in [0.25, 0.3) is 46.6 Å². The minimum Gasteiger partial charge on any atom is -0.490 e. The predicted molar refractivity (Wildman–Crippen MR) is 253 cm³/mol. The molecule has 4 aromatic carbocycles. The van der Waals surface area contributed by atoms with E-state index < -0.39 is 23.3 Å². The van der Waals surface area contributed by atoms with E-state index in [-0.39, 0.29) is 11.7 Å². The summed E-state index contributed by atoms with van der Waals surface area (Å²) >= 11 is 0. The van der Waals surface area contributed by atoms with Crippen LogP contribution in [0, 0.1) is 0 Å². The lowest BCUT2D eigenvalue weighted by Crippen LogP contribution is -2.72. The molecule has 1 aliphatic carbocycles. The highest BCUT2D eigenvalue weighted by Crippen LogP contribution is 2.43. The van der Waals surface area contributed by atoms with Gasteiger partial charge in [-0.15, -0.1) is 0 Å². The second-order valence-corrected chi connectivity index (χ2v) is 38.9. The summed E-state index contributed by atoms with van der Waals surface area (Å²) in [5.74, 6) is 1.74. The van der Waals surface area contributed by atoms with Crippen molar-refractivity contribution in [1.82, 2.24) is 0 Å². The lowest BCUT2D eigenvalue weighted by atomic mass is 9.87. The first-order chi connectivity index (χ1) is 26.0. The summed E-state index contributed by atoms with van der Waals surface area (Å²) < 4.78 is 13.5. The maximum atomic E-state index is 6.93. The molecule has 0 aromatic heterocycles. The molecule has 0 heterocycles. The SMILES string of the molecule is C=Cc1ccc([Si](C)(C[Si](C)(C)C)[Si](C)(C)c2ccc(C=C)c(-c3cc(OC4CCCCC4)cc(-c4cc(OC(C)(C)CC)ccc4C=C)c3C=C)c2)cc1. The number of hydrogen-bond donors (Lipinski definition) is 0. The zero-order valence-electron chi connectivity index (χ0n) is 35.4. The molecule has 0 spiro atoms. The van der Waals surface area contributed by atoms with Crippen LogP contribution in [0.15, 0.2) is 99.1 Å². The van der Waals surface area contributed by atoms with Gasteiger partial charge in [-0.25, -0.2) is 0 Å². The minimum atomic E-state index is -2.09. The molecule has 1 aliphatic rings. The van der Waals surface area contributed by atoms with Gasteiger partial charge >= 0.3 is 0 Å². The van der Waals surface area contributed by atoms with Crippen molar-refractivity contribution in [2.24, 2.45) is 0 Å². The summed E-state index contributed by atoms with van der Waals surface area (Å²) in [6.07, 6.45) is 14.9. The van der Waals surface area contributed by atoms with Crippen molar-refractivity contribution in [2.45, 2.75) is 116 Å². The van der Waals surface area contributed by atoms with Crippen LogP contribution in [0.2, 0.25) is 44.9 Å². The minimum absolute atomic E-state index is 0.209. The molecular formula is C50H66O2Si3. The summed E-state index contributed by atoms with van der Waals surface area (Å²) in [6.45, 7) is 39.1. The fourth-order valence-corrected chi connectivity index (χ4v) is 36.7. The van der Waals surface area contributed by atoms with E-state index in [4.69, 9.17) is 9.47 Å². The molecule has 2 nitrogen and oxygen atoms in total. The van der Waals surface area contributed by atoms with Gasteiger partial charge in [-0.1, -0.05) is 168 Å². The molecule has 5 rings (SSSR count). The van der Waals surface area contributed by atoms with Crippen molar-refractivity contribution in [2.75, 3.05) is 0 Å². The molecule has 1 unspecified atom stereocenters. The summed E-state index contributed by atoms with van der Waals surface area (Å²) in [5, 5.41) is 3.06. The van der Waals surface area contributed by atoms with Crippen LogP contribution in [0.3, 0.4) is 0 Å². The van der Waals surface area contributed by atoms with E-state index in [9.17, 15) is 0 Å². The lowest BCUT2D eigenvalue weighted by Gasteiger charge is -2.45. The van der Waals surface area contributed by atoms with Crippen LogP contribution in [0.4, 0.5) is 0 Å². The van der Waals surface area contributed by atoms with Gasteiger partial charge in [0.2, 0.25) is 0 Å².